The molecule has 0 saturated carbocycles. The van der Waals surface area contributed by atoms with Gasteiger partial charge in [-0.25, -0.2) is 0 Å². The van der Waals surface area contributed by atoms with E-state index in [1.807, 2.05) is 0 Å². The minimum atomic E-state index is -4.45. The highest BCUT2D eigenvalue weighted by atomic mass is 19.4. The van der Waals surface area contributed by atoms with Crippen LogP contribution in [0.5, 0.6) is 5.75 Å². The second-order valence-electron chi connectivity index (χ2n) is 3.95. The van der Waals surface area contributed by atoms with Crippen molar-refractivity contribution in [1.29, 1.82) is 0 Å². The molecule has 0 amide bonds. The topological polar surface area (TPSA) is 53.1 Å². The van der Waals surface area contributed by atoms with Crippen molar-refractivity contribution in [2.75, 3.05) is 5.73 Å². The first-order chi connectivity index (χ1) is 8.89. The van der Waals surface area contributed by atoms with E-state index in [1.165, 1.54) is 29.1 Å². The lowest BCUT2D eigenvalue weighted by Gasteiger charge is -2.13. The van der Waals surface area contributed by atoms with Gasteiger partial charge < -0.3 is 10.5 Å². The monoisotopic (exact) mass is 271 g/mol. The van der Waals surface area contributed by atoms with Gasteiger partial charge in [-0.15, -0.1) is 0 Å². The lowest BCUT2D eigenvalue weighted by molar-refractivity contribution is -0.139. The molecule has 2 N–H and O–H groups in total. The van der Waals surface area contributed by atoms with Gasteiger partial charge in [-0.3, -0.25) is 4.68 Å². The van der Waals surface area contributed by atoms with Crippen molar-refractivity contribution >= 4 is 5.69 Å². The van der Waals surface area contributed by atoms with Crippen LogP contribution >= 0.6 is 0 Å². The lowest BCUT2D eigenvalue weighted by Crippen LogP contribution is -2.10. The van der Waals surface area contributed by atoms with Gasteiger partial charge in [0.1, 0.15) is 12.4 Å². The molecule has 4 nitrogen and oxygen atoms in total. The Morgan fingerprint density at radius 1 is 1.32 bits per heavy atom. The molecule has 0 bridgehead atoms. The quantitative estimate of drug-likeness (QED) is 0.933. The van der Waals surface area contributed by atoms with Crippen molar-refractivity contribution in [2.45, 2.75) is 12.8 Å². The van der Waals surface area contributed by atoms with Crippen LogP contribution in [-0.2, 0) is 19.8 Å². The van der Waals surface area contributed by atoms with E-state index >= 15 is 0 Å². The number of nitrogens with two attached hydrogens (primary N) is 1. The predicted octanol–water partition coefficient (Wildman–Crippen LogP) is 2.60. The van der Waals surface area contributed by atoms with E-state index in [1.54, 1.807) is 7.05 Å². The number of aryl methyl sites for hydroxylation is 1. The fourth-order valence-corrected chi connectivity index (χ4v) is 1.63. The summed E-state index contributed by atoms with van der Waals surface area (Å²) in [5.74, 6) is -0.226. The molecule has 0 aliphatic heterocycles. The lowest BCUT2D eigenvalue weighted by atomic mass is 10.2. The van der Waals surface area contributed by atoms with Gasteiger partial charge in [0.05, 0.1) is 23.1 Å². The molecule has 2 rings (SSSR count). The maximum atomic E-state index is 12.8. The van der Waals surface area contributed by atoms with Crippen molar-refractivity contribution in [3.05, 3.63) is 41.7 Å². The molecule has 0 aliphatic rings. The number of nitrogens with zero attached hydrogens (tertiary/aromatic N) is 2. The number of benzene rings is 1. The molecule has 1 aromatic heterocycles. The number of hydrogen-bond donors (Lipinski definition) is 1. The first-order valence-corrected chi connectivity index (χ1v) is 5.45. The number of nitrogen functional groups attached to an aromatic ring is 1. The van der Waals surface area contributed by atoms with Gasteiger partial charge in [-0.1, -0.05) is 12.1 Å². The van der Waals surface area contributed by atoms with Gasteiger partial charge in [-0.05, 0) is 12.1 Å². The fourth-order valence-electron chi connectivity index (χ4n) is 1.63. The number of anilines is 1. The van der Waals surface area contributed by atoms with Gasteiger partial charge in [-0.2, -0.15) is 18.3 Å². The summed E-state index contributed by atoms with van der Waals surface area (Å²) in [6, 6.07) is 5.04. The molecule has 7 heteroatoms. The summed E-state index contributed by atoms with van der Waals surface area (Å²) in [7, 11) is 1.64. The molecule has 2 aromatic rings. The standard InChI is InChI=1S/C12H12F3N3O/c1-18-10(9(16)6-17-18)7-19-11-5-3-2-4-8(11)12(13,14)15/h2-6H,7,16H2,1H3. The van der Waals surface area contributed by atoms with Gasteiger partial charge in [0.2, 0.25) is 0 Å². The Morgan fingerprint density at radius 3 is 2.58 bits per heavy atom. The third-order valence-corrected chi connectivity index (χ3v) is 2.65. The van der Waals surface area contributed by atoms with E-state index in [9.17, 15) is 13.2 Å². The third-order valence-electron chi connectivity index (χ3n) is 2.65. The summed E-state index contributed by atoms with van der Waals surface area (Å²) in [4.78, 5) is 0. The van der Waals surface area contributed by atoms with Crippen LogP contribution in [0, 0.1) is 0 Å². The second kappa shape index (κ2) is 4.83. The highest BCUT2D eigenvalue weighted by Gasteiger charge is 2.34. The van der Waals surface area contributed by atoms with Crippen LogP contribution in [0.2, 0.25) is 0 Å². The zero-order chi connectivity index (χ0) is 14.0. The molecule has 0 unspecified atom stereocenters. The van der Waals surface area contributed by atoms with E-state index in [0.717, 1.165) is 6.07 Å². The summed E-state index contributed by atoms with van der Waals surface area (Å²) in [5.41, 5.74) is 5.74. The number of aromatic nitrogens is 2. The van der Waals surface area contributed by atoms with Crippen LogP contribution in [0.15, 0.2) is 30.5 Å². The SMILES string of the molecule is Cn1ncc(N)c1COc1ccccc1C(F)(F)F. The third kappa shape index (κ3) is 2.81. The molecule has 0 radical (unpaired) electrons. The highest BCUT2D eigenvalue weighted by Crippen LogP contribution is 2.36. The zero-order valence-electron chi connectivity index (χ0n) is 10.1. The largest absolute Gasteiger partial charge is 0.487 e. The molecule has 0 fully saturated rings. The van der Waals surface area contributed by atoms with Crippen LogP contribution in [0.1, 0.15) is 11.3 Å². The van der Waals surface area contributed by atoms with Crippen LogP contribution in [0.3, 0.4) is 0 Å². The minimum absolute atomic E-state index is 0.0740. The number of para-hydroxylation sites is 1. The van der Waals surface area contributed by atoms with Crippen LogP contribution in [0.4, 0.5) is 18.9 Å². The zero-order valence-corrected chi connectivity index (χ0v) is 10.1. The van der Waals surface area contributed by atoms with E-state index < -0.39 is 11.7 Å². The normalized spacial score (nSPS) is 11.6. The van der Waals surface area contributed by atoms with Crippen molar-refractivity contribution in [1.82, 2.24) is 9.78 Å². The fraction of sp³-hybridized carbons (Fsp3) is 0.250. The van der Waals surface area contributed by atoms with Crippen molar-refractivity contribution < 1.29 is 17.9 Å². The van der Waals surface area contributed by atoms with Crippen LogP contribution < -0.4 is 10.5 Å². The molecule has 1 aromatic carbocycles. The molecule has 0 spiro atoms. The first-order valence-electron chi connectivity index (χ1n) is 5.45. The number of hydrogen-bond acceptors (Lipinski definition) is 3. The van der Waals surface area contributed by atoms with Gasteiger partial charge in [0, 0.05) is 7.05 Å². The number of rotatable bonds is 3. The number of halogens is 3. The number of alkyl halides is 3. The second-order valence-corrected chi connectivity index (χ2v) is 3.95. The summed E-state index contributed by atoms with van der Waals surface area (Å²) in [6.45, 7) is -0.0740. The average molecular weight is 271 g/mol. The van der Waals surface area contributed by atoms with Crippen molar-refractivity contribution in [2.24, 2.45) is 7.05 Å². The average Bonchev–Trinajstić information content (AvgIpc) is 2.66. The Morgan fingerprint density at radius 2 is 2.00 bits per heavy atom. The molecule has 0 saturated heterocycles. The molecular weight excluding hydrogens is 259 g/mol. The Bertz CT molecular complexity index is 558. The minimum Gasteiger partial charge on any atom is -0.487 e. The Balaban J connectivity index is 2.21. The summed E-state index contributed by atoms with van der Waals surface area (Å²) in [5, 5.41) is 3.89. The van der Waals surface area contributed by atoms with Crippen molar-refractivity contribution in [3.8, 4) is 5.75 Å². The summed E-state index contributed by atoms with van der Waals surface area (Å²) < 4.78 is 44.9. The molecule has 19 heavy (non-hydrogen) atoms. The summed E-state index contributed by atoms with van der Waals surface area (Å²) in [6.07, 6.45) is -3.02. The Labute approximate surface area is 107 Å². The smallest absolute Gasteiger partial charge is 0.419 e. The molecule has 102 valence electrons. The molecule has 0 aliphatic carbocycles. The first kappa shape index (κ1) is 13.3. The maximum Gasteiger partial charge on any atom is 0.419 e. The predicted molar refractivity (Wildman–Crippen MR) is 63.4 cm³/mol. The van der Waals surface area contributed by atoms with E-state index in [-0.39, 0.29) is 12.4 Å². The van der Waals surface area contributed by atoms with Gasteiger partial charge in [0.25, 0.3) is 0 Å². The molecule has 1 heterocycles. The van der Waals surface area contributed by atoms with Crippen LogP contribution in [-0.4, -0.2) is 9.78 Å². The van der Waals surface area contributed by atoms with E-state index in [2.05, 4.69) is 5.10 Å². The van der Waals surface area contributed by atoms with E-state index in [0.29, 0.717) is 11.4 Å². The number of ether oxygens (including phenoxy) is 1. The molecule has 0 atom stereocenters. The van der Waals surface area contributed by atoms with Gasteiger partial charge in [0.15, 0.2) is 0 Å². The Hall–Kier alpha value is -2.18. The van der Waals surface area contributed by atoms with E-state index in [4.69, 9.17) is 10.5 Å². The Kier molecular flexibility index (Phi) is 3.37. The maximum absolute atomic E-state index is 12.8. The summed E-state index contributed by atoms with van der Waals surface area (Å²) >= 11 is 0. The molecular formula is C12H12F3N3O. The van der Waals surface area contributed by atoms with Crippen molar-refractivity contribution in [3.63, 3.8) is 0 Å². The van der Waals surface area contributed by atoms with Crippen LogP contribution in [0.25, 0.3) is 0 Å². The van der Waals surface area contributed by atoms with Gasteiger partial charge >= 0.3 is 6.18 Å². The highest BCUT2D eigenvalue weighted by molar-refractivity contribution is 5.41.